The Balaban J connectivity index is 2.03. The molecular weight excluding hydrogens is 346 g/mol. The molecule has 3 rings (SSSR count). The second kappa shape index (κ2) is 7.87. The summed E-state index contributed by atoms with van der Waals surface area (Å²) < 4.78 is 11.4. The number of benzene rings is 2. The van der Waals surface area contributed by atoms with Crippen molar-refractivity contribution in [2.45, 2.75) is 13.8 Å². The molecule has 1 aliphatic rings. The predicted octanol–water partition coefficient (Wildman–Crippen LogP) is 4.85. The number of Topliss-reactive ketones (excluding diaryl/α,β-unsaturated/α-hetero) is 1. The van der Waals surface area contributed by atoms with E-state index in [1.807, 2.05) is 24.3 Å². The van der Waals surface area contributed by atoms with Crippen LogP contribution in [0.1, 0.15) is 24.2 Å². The minimum Gasteiger partial charge on any atom is -0.495 e. The molecule has 0 spiro atoms. The van der Waals surface area contributed by atoms with E-state index >= 15 is 0 Å². The van der Waals surface area contributed by atoms with Crippen LogP contribution in [0, 0.1) is 0 Å². The smallest absolute Gasteiger partial charge is 0.185 e. The average molecular weight is 369 g/mol. The van der Waals surface area contributed by atoms with Crippen molar-refractivity contribution in [3.8, 4) is 11.5 Å². The van der Waals surface area contributed by atoms with E-state index in [4.69, 9.17) is 9.47 Å². The number of hydrogen-bond acceptors (Lipinski definition) is 5. The summed E-state index contributed by atoms with van der Waals surface area (Å²) in [6, 6.07) is 9.60. The molecule has 0 bridgehead atoms. The Bertz CT molecular complexity index is 888. The van der Waals surface area contributed by atoms with Crippen molar-refractivity contribution in [2.24, 2.45) is 0 Å². The summed E-state index contributed by atoms with van der Waals surface area (Å²) in [6.45, 7) is 8.55. The zero-order valence-electron chi connectivity index (χ0n) is 15.4. The van der Waals surface area contributed by atoms with Crippen molar-refractivity contribution in [1.82, 2.24) is 4.90 Å². The monoisotopic (exact) mass is 369 g/mol. The molecule has 0 saturated heterocycles. The van der Waals surface area contributed by atoms with Gasteiger partial charge in [0.05, 0.1) is 25.1 Å². The van der Waals surface area contributed by atoms with Gasteiger partial charge in [0.2, 0.25) is 0 Å². The van der Waals surface area contributed by atoms with Gasteiger partial charge in [-0.2, -0.15) is 0 Å². The molecule has 0 unspecified atom stereocenters. The van der Waals surface area contributed by atoms with E-state index in [1.165, 1.54) is 4.91 Å². The first-order valence-corrected chi connectivity index (χ1v) is 9.47. The Labute approximate surface area is 158 Å². The Hall–Kier alpha value is -2.40. The highest BCUT2D eigenvalue weighted by Crippen LogP contribution is 2.38. The number of nitrogens with zero attached hydrogens (tertiary/aromatic N) is 1. The molecule has 0 radical (unpaired) electrons. The van der Waals surface area contributed by atoms with Crippen molar-refractivity contribution in [3.05, 3.63) is 59.2 Å². The second-order valence-corrected chi connectivity index (χ2v) is 7.30. The maximum absolute atomic E-state index is 13.1. The van der Waals surface area contributed by atoms with Crippen LogP contribution >= 0.6 is 11.8 Å². The number of ether oxygens (including phenoxy) is 2. The molecule has 1 aliphatic heterocycles. The molecule has 0 fully saturated rings. The molecule has 136 valence electrons. The van der Waals surface area contributed by atoms with E-state index in [0.29, 0.717) is 30.2 Å². The van der Waals surface area contributed by atoms with E-state index in [-0.39, 0.29) is 5.78 Å². The molecule has 4 nitrogen and oxygen atoms in total. The fourth-order valence-electron chi connectivity index (χ4n) is 3.03. The molecule has 0 aromatic heterocycles. The lowest BCUT2D eigenvalue weighted by Gasteiger charge is -2.20. The molecule has 2 aromatic carbocycles. The zero-order valence-corrected chi connectivity index (χ0v) is 16.2. The van der Waals surface area contributed by atoms with Gasteiger partial charge in [0, 0.05) is 21.4 Å². The van der Waals surface area contributed by atoms with Gasteiger partial charge < -0.3 is 14.4 Å². The summed E-state index contributed by atoms with van der Waals surface area (Å²) in [5.41, 5.74) is 1.71. The van der Waals surface area contributed by atoms with Gasteiger partial charge in [0.25, 0.3) is 0 Å². The number of carbonyl (C=O) groups excluding carboxylic acids is 1. The van der Waals surface area contributed by atoms with Gasteiger partial charge in [-0.15, -0.1) is 11.8 Å². The second-order valence-electron chi connectivity index (χ2n) is 6.14. The first-order chi connectivity index (χ1) is 12.6. The van der Waals surface area contributed by atoms with E-state index in [2.05, 4.69) is 25.3 Å². The summed E-state index contributed by atoms with van der Waals surface area (Å²) in [4.78, 5) is 16.4. The van der Waals surface area contributed by atoms with Crippen LogP contribution in [0.25, 0.3) is 10.8 Å². The Kier molecular flexibility index (Phi) is 5.57. The van der Waals surface area contributed by atoms with Crippen LogP contribution in [0.15, 0.2) is 53.6 Å². The molecule has 26 heavy (non-hydrogen) atoms. The van der Waals surface area contributed by atoms with E-state index < -0.39 is 0 Å². The quantitative estimate of drug-likeness (QED) is 0.515. The highest BCUT2D eigenvalue weighted by Gasteiger charge is 2.24. The Morgan fingerprint density at radius 3 is 2.65 bits per heavy atom. The molecule has 1 heterocycles. The van der Waals surface area contributed by atoms with Crippen molar-refractivity contribution in [3.63, 3.8) is 0 Å². The summed E-state index contributed by atoms with van der Waals surface area (Å²) >= 11 is 1.76. The van der Waals surface area contributed by atoms with Gasteiger partial charge in [-0.05, 0) is 19.9 Å². The number of fused-ring (bicyclic) bond motifs is 1. The third-order valence-electron chi connectivity index (χ3n) is 4.57. The number of carbonyl (C=O) groups is 1. The molecule has 0 amide bonds. The SMILES string of the molecule is C=CCOc1cc(C(=O)CN2CSC(C)=C2C)c(OC)c2ccccc12. The lowest BCUT2D eigenvalue weighted by atomic mass is 10.0. The average Bonchev–Trinajstić information content (AvgIpc) is 2.97. The van der Waals surface area contributed by atoms with Crippen molar-refractivity contribution in [2.75, 3.05) is 26.1 Å². The number of methoxy groups -OCH3 is 1. The third kappa shape index (κ3) is 3.44. The van der Waals surface area contributed by atoms with Crippen LogP contribution in [0.3, 0.4) is 0 Å². The number of rotatable bonds is 7. The summed E-state index contributed by atoms with van der Waals surface area (Å²) in [6.07, 6.45) is 1.69. The van der Waals surface area contributed by atoms with Crippen molar-refractivity contribution >= 4 is 28.3 Å². The lowest BCUT2D eigenvalue weighted by Crippen LogP contribution is -2.26. The predicted molar refractivity (Wildman–Crippen MR) is 108 cm³/mol. The van der Waals surface area contributed by atoms with Crippen LogP contribution in [0.5, 0.6) is 11.5 Å². The van der Waals surface area contributed by atoms with Crippen LogP contribution in [0.2, 0.25) is 0 Å². The first-order valence-electron chi connectivity index (χ1n) is 8.48. The topological polar surface area (TPSA) is 38.8 Å². The van der Waals surface area contributed by atoms with Crippen molar-refractivity contribution in [1.29, 1.82) is 0 Å². The Morgan fingerprint density at radius 1 is 1.31 bits per heavy atom. The highest BCUT2D eigenvalue weighted by molar-refractivity contribution is 8.03. The van der Waals surface area contributed by atoms with Crippen LogP contribution in [-0.4, -0.2) is 36.8 Å². The van der Waals surface area contributed by atoms with Gasteiger partial charge in [-0.25, -0.2) is 0 Å². The fraction of sp³-hybridized carbons (Fsp3) is 0.286. The van der Waals surface area contributed by atoms with Crippen LogP contribution in [-0.2, 0) is 0 Å². The third-order valence-corrected chi connectivity index (χ3v) is 5.74. The standard InChI is InChI=1S/C21H23NO3S/c1-5-10-25-20-11-18(19(23)12-22-13-26-15(3)14(22)2)21(24-4)17-9-7-6-8-16(17)20/h5-9,11H,1,10,12-13H2,2-4H3. The molecule has 0 saturated carbocycles. The lowest BCUT2D eigenvalue weighted by molar-refractivity contribution is 0.0955. The molecule has 5 heteroatoms. The maximum atomic E-state index is 13.1. The van der Waals surface area contributed by atoms with Crippen LogP contribution in [0.4, 0.5) is 0 Å². The number of thioether (sulfide) groups is 1. The van der Waals surface area contributed by atoms with E-state index in [9.17, 15) is 4.79 Å². The first kappa shape index (κ1) is 18.4. The van der Waals surface area contributed by atoms with E-state index in [0.717, 1.165) is 22.3 Å². The summed E-state index contributed by atoms with van der Waals surface area (Å²) in [5, 5.41) is 1.80. The minimum atomic E-state index is 0.0192. The van der Waals surface area contributed by atoms with E-state index in [1.54, 1.807) is 31.0 Å². The van der Waals surface area contributed by atoms with Gasteiger partial charge in [-0.1, -0.05) is 36.9 Å². The molecular formula is C21H23NO3S. The van der Waals surface area contributed by atoms with Gasteiger partial charge in [0.1, 0.15) is 18.1 Å². The van der Waals surface area contributed by atoms with Gasteiger partial charge in [-0.3, -0.25) is 4.79 Å². The summed E-state index contributed by atoms with van der Waals surface area (Å²) in [5.74, 6) is 2.09. The van der Waals surface area contributed by atoms with Gasteiger partial charge >= 0.3 is 0 Å². The minimum absolute atomic E-state index is 0.0192. The largest absolute Gasteiger partial charge is 0.495 e. The van der Waals surface area contributed by atoms with Crippen molar-refractivity contribution < 1.29 is 14.3 Å². The number of allylic oxidation sites excluding steroid dienone is 2. The normalized spacial score (nSPS) is 14.0. The van der Waals surface area contributed by atoms with Gasteiger partial charge in [0.15, 0.2) is 5.78 Å². The number of ketones is 1. The zero-order chi connectivity index (χ0) is 18.7. The van der Waals surface area contributed by atoms with Crippen LogP contribution < -0.4 is 9.47 Å². The summed E-state index contributed by atoms with van der Waals surface area (Å²) in [7, 11) is 1.60. The maximum Gasteiger partial charge on any atom is 0.185 e. The highest BCUT2D eigenvalue weighted by atomic mass is 32.2. The molecule has 0 N–H and O–H groups in total. The molecule has 0 atom stereocenters. The molecule has 0 aliphatic carbocycles. The number of hydrogen-bond donors (Lipinski definition) is 0. The molecule has 2 aromatic rings. The Morgan fingerprint density at radius 2 is 2.04 bits per heavy atom. The fourth-order valence-corrected chi connectivity index (χ4v) is 4.00.